The molecule has 1 amide bonds. The Kier molecular flexibility index (Phi) is 2.89. The number of methoxy groups -OCH3 is 1. The van der Waals surface area contributed by atoms with Gasteiger partial charge in [0.1, 0.15) is 6.61 Å². The Labute approximate surface area is 137 Å². The third-order valence-electron chi connectivity index (χ3n) is 5.47. The summed E-state index contributed by atoms with van der Waals surface area (Å²) in [5.74, 6) is -1.34. The summed E-state index contributed by atoms with van der Waals surface area (Å²) >= 11 is 0. The molecule has 24 heavy (non-hydrogen) atoms. The zero-order chi connectivity index (χ0) is 17.4. The van der Waals surface area contributed by atoms with Crippen molar-refractivity contribution < 1.29 is 23.9 Å². The Morgan fingerprint density at radius 3 is 2.75 bits per heavy atom. The average molecular weight is 334 g/mol. The zero-order valence-corrected chi connectivity index (χ0v) is 13.3. The molecule has 0 unspecified atom stereocenters. The topological polar surface area (TPSA) is 147 Å². The highest BCUT2D eigenvalue weighted by atomic mass is 16.6. The number of hydrogen-bond donors (Lipinski definition) is 3. The van der Waals surface area contributed by atoms with Crippen LogP contribution in [0, 0.1) is 5.92 Å². The molecular weight excluding hydrogens is 316 g/mol. The Morgan fingerprint density at radius 2 is 2.12 bits per heavy atom. The van der Waals surface area contributed by atoms with Gasteiger partial charge in [-0.15, -0.1) is 0 Å². The second kappa shape index (κ2) is 4.58. The maximum atomic E-state index is 12.8. The molecule has 0 aromatic heterocycles. The van der Waals surface area contributed by atoms with Gasteiger partial charge in [0.2, 0.25) is 11.6 Å². The number of nitrogens with two attached hydrogens (primary N) is 2. The highest BCUT2D eigenvalue weighted by molar-refractivity contribution is 6.25. The van der Waals surface area contributed by atoms with Gasteiger partial charge < -0.3 is 31.2 Å². The van der Waals surface area contributed by atoms with Crippen LogP contribution in [0.5, 0.6) is 0 Å². The van der Waals surface area contributed by atoms with Gasteiger partial charge in [0.15, 0.2) is 5.72 Å². The van der Waals surface area contributed by atoms with E-state index < -0.39 is 23.5 Å². The monoisotopic (exact) mass is 334 g/mol. The number of allylic oxidation sites excluding steroid dienone is 2. The smallest absolute Gasteiger partial charge is 0.404 e. The van der Waals surface area contributed by atoms with Gasteiger partial charge in [0.05, 0.1) is 23.4 Å². The molecule has 128 valence electrons. The van der Waals surface area contributed by atoms with Gasteiger partial charge in [-0.25, -0.2) is 4.79 Å². The molecule has 4 atom stereocenters. The number of Topliss-reactive ketones (excluding diaryl/α,β-unsaturated/α-hetero) is 2. The fraction of sp³-hybridized carbons (Fsp3) is 0.533. The van der Waals surface area contributed by atoms with Gasteiger partial charge in [-0.05, 0) is 6.92 Å². The van der Waals surface area contributed by atoms with Crippen molar-refractivity contribution in [1.82, 2.24) is 10.2 Å². The molecule has 4 rings (SSSR count). The second-order valence-corrected chi connectivity index (χ2v) is 6.46. The summed E-state index contributed by atoms with van der Waals surface area (Å²) in [6, 6.07) is 0.109. The number of nitrogens with zero attached hydrogens (tertiary/aromatic N) is 1. The molecule has 0 aromatic rings. The number of fused-ring (bicyclic) bond motifs is 4. The number of carbonyl (C=O) groups is 3. The molecular formula is C15H18N4O5. The molecule has 3 heterocycles. The normalized spacial score (nSPS) is 36.8. The molecule has 0 saturated carbocycles. The van der Waals surface area contributed by atoms with Crippen molar-refractivity contribution in [3.05, 3.63) is 22.5 Å². The lowest BCUT2D eigenvalue weighted by Gasteiger charge is -2.39. The van der Waals surface area contributed by atoms with Crippen LogP contribution in [0.25, 0.3) is 0 Å². The molecule has 5 N–H and O–H groups in total. The largest absolute Gasteiger partial charge is 0.449 e. The predicted molar refractivity (Wildman–Crippen MR) is 80.1 cm³/mol. The van der Waals surface area contributed by atoms with Crippen molar-refractivity contribution in [3.8, 4) is 0 Å². The first-order valence-corrected chi connectivity index (χ1v) is 7.65. The number of nitrogens with one attached hydrogen (secondary N) is 1. The molecule has 2 fully saturated rings. The Morgan fingerprint density at radius 1 is 1.42 bits per heavy atom. The van der Waals surface area contributed by atoms with Crippen molar-refractivity contribution in [2.75, 3.05) is 20.3 Å². The van der Waals surface area contributed by atoms with Crippen molar-refractivity contribution in [1.29, 1.82) is 0 Å². The number of ether oxygens (including phenoxy) is 2. The predicted octanol–water partition coefficient (Wildman–Crippen LogP) is -1.65. The Hall–Kier alpha value is -2.39. The Bertz CT molecular complexity index is 757. The van der Waals surface area contributed by atoms with E-state index in [1.807, 2.05) is 4.90 Å². The number of piperazine rings is 1. The van der Waals surface area contributed by atoms with Gasteiger partial charge in [-0.3, -0.25) is 9.59 Å². The van der Waals surface area contributed by atoms with Gasteiger partial charge >= 0.3 is 6.09 Å². The lowest BCUT2D eigenvalue weighted by atomic mass is 9.82. The van der Waals surface area contributed by atoms with Crippen LogP contribution in [0.4, 0.5) is 4.79 Å². The molecule has 0 aromatic carbocycles. The first kappa shape index (κ1) is 15.2. The molecule has 9 nitrogen and oxygen atoms in total. The van der Waals surface area contributed by atoms with Crippen LogP contribution in [0.1, 0.15) is 6.92 Å². The molecule has 0 radical (unpaired) electrons. The van der Waals surface area contributed by atoms with Crippen LogP contribution < -0.4 is 16.8 Å². The fourth-order valence-electron chi connectivity index (χ4n) is 4.31. The summed E-state index contributed by atoms with van der Waals surface area (Å²) in [6.07, 6.45) is -0.950. The molecule has 1 aliphatic carbocycles. The van der Waals surface area contributed by atoms with E-state index >= 15 is 0 Å². The Balaban J connectivity index is 1.85. The summed E-state index contributed by atoms with van der Waals surface area (Å²) in [5.41, 5.74) is 10.7. The van der Waals surface area contributed by atoms with E-state index in [-0.39, 0.29) is 41.3 Å². The number of rotatable bonds is 3. The van der Waals surface area contributed by atoms with E-state index in [0.717, 1.165) is 0 Å². The fourth-order valence-corrected chi connectivity index (χ4v) is 4.31. The molecule has 2 saturated heterocycles. The van der Waals surface area contributed by atoms with Crippen LogP contribution in [-0.4, -0.2) is 60.6 Å². The second-order valence-electron chi connectivity index (χ2n) is 6.46. The first-order chi connectivity index (χ1) is 11.3. The third-order valence-corrected chi connectivity index (χ3v) is 5.47. The van der Waals surface area contributed by atoms with Gasteiger partial charge in [-0.1, -0.05) is 0 Å². The zero-order valence-electron chi connectivity index (χ0n) is 13.3. The van der Waals surface area contributed by atoms with E-state index in [1.54, 1.807) is 0 Å². The minimum absolute atomic E-state index is 0.0586. The number of ketones is 2. The minimum Gasteiger partial charge on any atom is -0.449 e. The molecule has 0 bridgehead atoms. The quantitative estimate of drug-likeness (QED) is 0.411. The highest BCUT2D eigenvalue weighted by Crippen LogP contribution is 2.55. The van der Waals surface area contributed by atoms with Crippen molar-refractivity contribution in [3.63, 3.8) is 0 Å². The van der Waals surface area contributed by atoms with Gasteiger partial charge in [0.25, 0.3) is 0 Å². The van der Waals surface area contributed by atoms with Crippen LogP contribution in [0.15, 0.2) is 22.5 Å². The minimum atomic E-state index is -0.957. The van der Waals surface area contributed by atoms with E-state index in [0.29, 0.717) is 12.2 Å². The first-order valence-electron chi connectivity index (χ1n) is 7.65. The standard InChI is InChI=1S/C15H18N4O5/c1-5-9(16)12(21)8-6(4-24-14(17)22)15(23-2)13-7(18-13)3-19(15)10(8)11(5)20/h6-7,13,18H,3-4,16H2,1-2H3,(H2,17,22)/t6-,7+,13-,15-/m1/s1. The van der Waals surface area contributed by atoms with Gasteiger partial charge in [-0.2, -0.15) is 0 Å². The van der Waals surface area contributed by atoms with E-state index in [4.69, 9.17) is 20.9 Å². The van der Waals surface area contributed by atoms with E-state index in [2.05, 4.69) is 5.32 Å². The van der Waals surface area contributed by atoms with Crippen LogP contribution >= 0.6 is 0 Å². The third kappa shape index (κ3) is 1.58. The number of carbonyl (C=O) groups excluding carboxylic acids is 3. The van der Waals surface area contributed by atoms with Crippen molar-refractivity contribution >= 4 is 17.7 Å². The number of hydrogen-bond acceptors (Lipinski definition) is 8. The van der Waals surface area contributed by atoms with Crippen LogP contribution in [0.3, 0.4) is 0 Å². The maximum Gasteiger partial charge on any atom is 0.404 e. The molecule has 9 heteroatoms. The lowest BCUT2D eigenvalue weighted by molar-refractivity contribution is -0.137. The van der Waals surface area contributed by atoms with Crippen LogP contribution in [-0.2, 0) is 19.1 Å². The summed E-state index contributed by atoms with van der Waals surface area (Å²) in [4.78, 5) is 38.4. The molecule has 0 spiro atoms. The number of amides is 1. The summed E-state index contributed by atoms with van der Waals surface area (Å²) in [6.45, 7) is 1.92. The maximum absolute atomic E-state index is 12.8. The van der Waals surface area contributed by atoms with Crippen molar-refractivity contribution in [2.45, 2.75) is 24.7 Å². The summed E-state index contributed by atoms with van der Waals surface area (Å²) in [7, 11) is 1.52. The average Bonchev–Trinajstić information content (AvgIpc) is 3.16. The SMILES string of the molecule is CO[C@@]12[C@H](COC(N)=O)C3=C(C(=O)C(C)=C(N)C3=O)N1C[C@@H]1N[C@H]12. The number of primary amides is 1. The van der Waals surface area contributed by atoms with Crippen molar-refractivity contribution in [2.24, 2.45) is 17.4 Å². The van der Waals surface area contributed by atoms with E-state index in [9.17, 15) is 14.4 Å². The highest BCUT2D eigenvalue weighted by Gasteiger charge is 2.72. The summed E-state index contributed by atoms with van der Waals surface area (Å²) < 4.78 is 10.8. The summed E-state index contributed by atoms with van der Waals surface area (Å²) in [5, 5.41) is 3.28. The molecule has 3 aliphatic heterocycles. The van der Waals surface area contributed by atoms with E-state index in [1.165, 1.54) is 14.0 Å². The van der Waals surface area contributed by atoms with Gasteiger partial charge in [0, 0.05) is 30.8 Å². The molecule has 4 aliphatic rings. The lowest BCUT2D eigenvalue weighted by Crippen LogP contribution is -2.55. The van der Waals surface area contributed by atoms with Crippen LogP contribution in [0.2, 0.25) is 0 Å².